The summed E-state index contributed by atoms with van der Waals surface area (Å²) in [4.78, 5) is 20.7. The molecule has 2 aromatic rings. The third-order valence-corrected chi connectivity index (χ3v) is 5.48. The van der Waals surface area contributed by atoms with Crippen LogP contribution >= 0.6 is 0 Å². The topological polar surface area (TPSA) is 39.3 Å². The second-order valence-electron chi connectivity index (χ2n) is 7.30. The number of fused-ring (bicyclic) bond motifs is 3. The van der Waals surface area contributed by atoms with Gasteiger partial charge in [-0.1, -0.05) is 6.92 Å². The molecule has 0 radical (unpaired) electrons. The van der Waals surface area contributed by atoms with Crippen LogP contribution in [0.3, 0.4) is 0 Å². The lowest BCUT2D eigenvalue weighted by molar-refractivity contribution is 0.0697. The van der Waals surface area contributed by atoms with E-state index in [-0.39, 0.29) is 5.91 Å². The molecule has 1 saturated heterocycles. The first-order chi connectivity index (χ1) is 11.1. The minimum atomic E-state index is 0.193. The van der Waals surface area contributed by atoms with Gasteiger partial charge in [0.25, 0.3) is 5.91 Å². The number of amides is 1. The lowest BCUT2D eigenvalue weighted by atomic mass is 9.98. The Morgan fingerprint density at radius 3 is 2.78 bits per heavy atom. The number of likely N-dealkylation sites (tertiary alicyclic amines) is 1. The van der Waals surface area contributed by atoms with Crippen LogP contribution in [0.4, 0.5) is 0 Å². The molecule has 1 N–H and O–H groups in total. The van der Waals surface area contributed by atoms with Gasteiger partial charge in [0.1, 0.15) is 0 Å². The van der Waals surface area contributed by atoms with Crippen LogP contribution in [0.1, 0.15) is 41.4 Å². The molecule has 0 saturated carbocycles. The largest absolute Gasteiger partial charge is 0.358 e. The molecule has 0 spiro atoms. The summed E-state index contributed by atoms with van der Waals surface area (Å²) in [6, 6.07) is 6.16. The minimum absolute atomic E-state index is 0.193. The Hall–Kier alpha value is -1.81. The molecule has 2 aliphatic rings. The van der Waals surface area contributed by atoms with Crippen molar-refractivity contribution in [3.63, 3.8) is 0 Å². The lowest BCUT2D eigenvalue weighted by Crippen LogP contribution is -2.37. The Morgan fingerprint density at radius 2 is 2.00 bits per heavy atom. The highest BCUT2D eigenvalue weighted by Crippen LogP contribution is 2.28. The fourth-order valence-corrected chi connectivity index (χ4v) is 3.88. The minimum Gasteiger partial charge on any atom is -0.358 e. The van der Waals surface area contributed by atoms with Gasteiger partial charge in [-0.15, -0.1) is 0 Å². The number of piperidine rings is 1. The number of aromatic amines is 1. The highest BCUT2D eigenvalue weighted by Gasteiger charge is 2.23. The van der Waals surface area contributed by atoms with Crippen LogP contribution < -0.4 is 0 Å². The highest BCUT2D eigenvalue weighted by atomic mass is 16.2. The van der Waals surface area contributed by atoms with Crippen LogP contribution in [-0.4, -0.2) is 47.4 Å². The van der Waals surface area contributed by atoms with Crippen molar-refractivity contribution in [3.8, 4) is 0 Å². The molecule has 2 aliphatic heterocycles. The van der Waals surface area contributed by atoms with E-state index < -0.39 is 0 Å². The zero-order chi connectivity index (χ0) is 16.0. The second kappa shape index (κ2) is 5.68. The van der Waals surface area contributed by atoms with Gasteiger partial charge in [0.15, 0.2) is 0 Å². The van der Waals surface area contributed by atoms with Crippen molar-refractivity contribution in [1.82, 2.24) is 14.8 Å². The molecule has 4 heteroatoms. The Morgan fingerprint density at radius 1 is 1.22 bits per heavy atom. The summed E-state index contributed by atoms with van der Waals surface area (Å²) < 4.78 is 0. The number of H-pyrrole nitrogens is 1. The van der Waals surface area contributed by atoms with Crippen LogP contribution in [-0.2, 0) is 13.0 Å². The van der Waals surface area contributed by atoms with E-state index in [0.29, 0.717) is 0 Å². The standard InChI is InChI=1S/C19H25N3O/c1-13-5-9-22(10-6-13)19(23)14-3-4-17-15(11-14)16-12-21(2)8-7-18(16)20-17/h3-4,11,13,20H,5-10,12H2,1-2H3. The molecule has 1 aromatic carbocycles. The maximum Gasteiger partial charge on any atom is 0.253 e. The van der Waals surface area contributed by atoms with Crippen LogP contribution in [0.25, 0.3) is 10.9 Å². The highest BCUT2D eigenvalue weighted by molar-refractivity contribution is 5.99. The number of rotatable bonds is 1. The molecule has 1 amide bonds. The number of carbonyl (C=O) groups excluding carboxylic acids is 1. The van der Waals surface area contributed by atoms with Gasteiger partial charge in [0.2, 0.25) is 0 Å². The summed E-state index contributed by atoms with van der Waals surface area (Å²) in [7, 11) is 2.16. The van der Waals surface area contributed by atoms with E-state index in [4.69, 9.17) is 0 Å². The molecule has 0 bridgehead atoms. The van der Waals surface area contributed by atoms with Crippen molar-refractivity contribution < 1.29 is 4.79 Å². The number of nitrogens with one attached hydrogen (secondary N) is 1. The molecular weight excluding hydrogens is 286 g/mol. The number of likely N-dealkylation sites (N-methyl/N-ethyl adjacent to an activating group) is 1. The molecule has 0 aliphatic carbocycles. The molecule has 4 rings (SSSR count). The van der Waals surface area contributed by atoms with E-state index in [0.717, 1.165) is 62.4 Å². The summed E-state index contributed by atoms with van der Waals surface area (Å²) in [6.07, 6.45) is 3.31. The first-order valence-corrected chi connectivity index (χ1v) is 8.73. The number of aromatic nitrogens is 1. The molecule has 1 fully saturated rings. The van der Waals surface area contributed by atoms with Gasteiger partial charge >= 0.3 is 0 Å². The van der Waals surface area contributed by atoms with E-state index in [1.54, 1.807) is 0 Å². The fourth-order valence-electron chi connectivity index (χ4n) is 3.88. The number of benzene rings is 1. The SMILES string of the molecule is CC1CCN(C(=O)c2ccc3[nH]c4c(c3c2)CN(C)CC4)CC1. The van der Waals surface area contributed by atoms with E-state index in [1.807, 2.05) is 11.0 Å². The molecule has 4 nitrogen and oxygen atoms in total. The first-order valence-electron chi connectivity index (χ1n) is 8.73. The van der Waals surface area contributed by atoms with Crippen molar-refractivity contribution in [2.75, 3.05) is 26.7 Å². The predicted molar refractivity (Wildman–Crippen MR) is 92.6 cm³/mol. The monoisotopic (exact) mass is 311 g/mol. The van der Waals surface area contributed by atoms with E-state index >= 15 is 0 Å². The summed E-state index contributed by atoms with van der Waals surface area (Å²) in [5, 5.41) is 1.22. The predicted octanol–water partition coefficient (Wildman–Crippen LogP) is 3.03. The summed E-state index contributed by atoms with van der Waals surface area (Å²) in [5.74, 6) is 0.937. The summed E-state index contributed by atoms with van der Waals surface area (Å²) in [6.45, 7) is 6.13. The van der Waals surface area contributed by atoms with Gasteiger partial charge in [-0.05, 0) is 49.6 Å². The summed E-state index contributed by atoms with van der Waals surface area (Å²) >= 11 is 0. The molecular formula is C19H25N3O. The van der Waals surface area contributed by atoms with Crippen molar-refractivity contribution >= 4 is 16.8 Å². The normalized spacial score (nSPS) is 20.0. The second-order valence-corrected chi connectivity index (χ2v) is 7.30. The molecule has 0 atom stereocenters. The van der Waals surface area contributed by atoms with E-state index in [1.165, 1.54) is 16.6 Å². The van der Waals surface area contributed by atoms with Crippen LogP contribution in [0.2, 0.25) is 0 Å². The average molecular weight is 311 g/mol. The van der Waals surface area contributed by atoms with Crippen LogP contribution in [0.15, 0.2) is 18.2 Å². The molecule has 3 heterocycles. The maximum absolute atomic E-state index is 12.8. The molecule has 23 heavy (non-hydrogen) atoms. The van der Waals surface area contributed by atoms with Gasteiger partial charge in [0, 0.05) is 54.8 Å². The van der Waals surface area contributed by atoms with E-state index in [2.05, 4.69) is 36.0 Å². The van der Waals surface area contributed by atoms with E-state index in [9.17, 15) is 4.79 Å². The number of nitrogens with zero attached hydrogens (tertiary/aromatic N) is 2. The molecule has 0 unspecified atom stereocenters. The fraction of sp³-hybridized carbons (Fsp3) is 0.526. The van der Waals surface area contributed by atoms with Crippen molar-refractivity contribution in [2.24, 2.45) is 5.92 Å². The van der Waals surface area contributed by atoms with Crippen LogP contribution in [0, 0.1) is 5.92 Å². The average Bonchev–Trinajstić information content (AvgIpc) is 2.92. The summed E-state index contributed by atoms with van der Waals surface area (Å²) in [5.41, 5.74) is 4.71. The number of hydrogen-bond acceptors (Lipinski definition) is 2. The smallest absolute Gasteiger partial charge is 0.253 e. The Balaban J connectivity index is 1.66. The van der Waals surface area contributed by atoms with Gasteiger partial charge in [0.05, 0.1) is 0 Å². The third-order valence-electron chi connectivity index (χ3n) is 5.48. The molecule has 122 valence electrons. The Bertz CT molecular complexity index is 740. The molecule has 1 aromatic heterocycles. The third kappa shape index (κ3) is 2.65. The van der Waals surface area contributed by atoms with Crippen molar-refractivity contribution in [2.45, 2.75) is 32.7 Å². The Kier molecular flexibility index (Phi) is 3.64. The van der Waals surface area contributed by atoms with Gasteiger partial charge < -0.3 is 14.8 Å². The van der Waals surface area contributed by atoms with Crippen molar-refractivity contribution in [3.05, 3.63) is 35.0 Å². The zero-order valence-electron chi connectivity index (χ0n) is 14.1. The van der Waals surface area contributed by atoms with Gasteiger partial charge in [-0.3, -0.25) is 4.79 Å². The van der Waals surface area contributed by atoms with Gasteiger partial charge in [-0.2, -0.15) is 0 Å². The number of hydrogen-bond donors (Lipinski definition) is 1. The Labute approximate surface area is 137 Å². The maximum atomic E-state index is 12.8. The number of carbonyl (C=O) groups is 1. The first kappa shape index (κ1) is 14.8. The lowest BCUT2D eigenvalue weighted by Gasteiger charge is -2.30. The zero-order valence-corrected chi connectivity index (χ0v) is 14.1. The van der Waals surface area contributed by atoms with Gasteiger partial charge in [-0.25, -0.2) is 0 Å². The van der Waals surface area contributed by atoms with Crippen molar-refractivity contribution in [1.29, 1.82) is 0 Å². The quantitative estimate of drug-likeness (QED) is 0.879. The van der Waals surface area contributed by atoms with Crippen LogP contribution in [0.5, 0.6) is 0 Å².